The summed E-state index contributed by atoms with van der Waals surface area (Å²) in [4.78, 5) is 0. The summed E-state index contributed by atoms with van der Waals surface area (Å²) in [6.45, 7) is -0.0723. The lowest BCUT2D eigenvalue weighted by atomic mass is 9.80. The van der Waals surface area contributed by atoms with Gasteiger partial charge in [-0.15, -0.1) is 0 Å². The van der Waals surface area contributed by atoms with E-state index in [9.17, 15) is 8.78 Å². The van der Waals surface area contributed by atoms with Crippen LogP contribution in [0.2, 0.25) is 0 Å². The summed E-state index contributed by atoms with van der Waals surface area (Å²) in [5, 5.41) is 17.8. The molecule has 0 atom stereocenters. The number of rotatable bonds is 4. The van der Waals surface area contributed by atoms with Crippen molar-refractivity contribution in [3.63, 3.8) is 0 Å². The molecule has 0 aromatic heterocycles. The molecule has 0 aliphatic rings. The molecular formula is C13H11BF2O3. The molecule has 0 bridgehead atoms. The van der Waals surface area contributed by atoms with Crippen molar-refractivity contribution >= 4 is 12.6 Å². The molecule has 98 valence electrons. The van der Waals surface area contributed by atoms with Gasteiger partial charge in [-0.05, 0) is 23.7 Å². The Hall–Kier alpha value is -1.92. The molecular weight excluding hydrogens is 253 g/mol. The first-order valence-electron chi connectivity index (χ1n) is 5.59. The topological polar surface area (TPSA) is 49.7 Å². The van der Waals surface area contributed by atoms with Gasteiger partial charge in [-0.25, -0.2) is 8.78 Å². The molecule has 0 unspecified atom stereocenters. The first-order chi connectivity index (χ1) is 9.06. The summed E-state index contributed by atoms with van der Waals surface area (Å²) in [7, 11) is -1.72. The standard InChI is InChI=1S/C13H11BF2O3/c15-11-2-1-3-12(7-11)19-8-9-4-5-10(14(17)18)6-13(9)16/h1-7,17-18H,8H2. The first kappa shape index (κ1) is 13.5. The normalized spacial score (nSPS) is 10.3. The number of hydrogen-bond donors (Lipinski definition) is 2. The largest absolute Gasteiger partial charge is 0.489 e. The highest BCUT2D eigenvalue weighted by Gasteiger charge is 2.13. The summed E-state index contributed by atoms with van der Waals surface area (Å²) in [5.41, 5.74) is 0.306. The van der Waals surface area contributed by atoms with Gasteiger partial charge in [0.1, 0.15) is 24.0 Å². The van der Waals surface area contributed by atoms with Crippen LogP contribution in [0.5, 0.6) is 5.75 Å². The molecule has 6 heteroatoms. The number of benzene rings is 2. The molecule has 2 aromatic rings. The van der Waals surface area contributed by atoms with Crippen LogP contribution in [0, 0.1) is 11.6 Å². The van der Waals surface area contributed by atoms with Gasteiger partial charge in [-0.2, -0.15) is 0 Å². The third-order valence-electron chi connectivity index (χ3n) is 2.57. The summed E-state index contributed by atoms with van der Waals surface area (Å²) >= 11 is 0. The van der Waals surface area contributed by atoms with E-state index < -0.39 is 18.8 Å². The van der Waals surface area contributed by atoms with Crippen LogP contribution < -0.4 is 10.2 Å². The van der Waals surface area contributed by atoms with Crippen LogP contribution in [0.15, 0.2) is 42.5 Å². The van der Waals surface area contributed by atoms with Gasteiger partial charge in [0.15, 0.2) is 0 Å². The highest BCUT2D eigenvalue weighted by molar-refractivity contribution is 6.58. The zero-order chi connectivity index (χ0) is 13.8. The van der Waals surface area contributed by atoms with E-state index in [0.29, 0.717) is 5.75 Å². The molecule has 2 N–H and O–H groups in total. The summed E-state index contributed by atoms with van der Waals surface area (Å²) in [6.07, 6.45) is 0. The second-order valence-electron chi connectivity index (χ2n) is 3.97. The van der Waals surface area contributed by atoms with E-state index in [1.165, 1.54) is 30.3 Å². The fourth-order valence-electron chi connectivity index (χ4n) is 1.56. The molecule has 0 saturated carbocycles. The highest BCUT2D eigenvalue weighted by Crippen LogP contribution is 2.15. The number of hydrogen-bond acceptors (Lipinski definition) is 3. The van der Waals surface area contributed by atoms with Crippen LogP contribution in [0.3, 0.4) is 0 Å². The van der Waals surface area contributed by atoms with Crippen molar-refractivity contribution in [1.29, 1.82) is 0 Å². The van der Waals surface area contributed by atoms with Gasteiger partial charge in [0.05, 0.1) is 0 Å². The Kier molecular flexibility index (Phi) is 4.14. The monoisotopic (exact) mass is 264 g/mol. The van der Waals surface area contributed by atoms with Gasteiger partial charge in [-0.1, -0.05) is 18.2 Å². The minimum absolute atomic E-state index is 0.0620. The van der Waals surface area contributed by atoms with Crippen molar-refractivity contribution < 1.29 is 23.6 Å². The summed E-state index contributed by atoms with van der Waals surface area (Å²) in [6, 6.07) is 9.34. The number of ether oxygens (including phenoxy) is 1. The van der Waals surface area contributed by atoms with Crippen molar-refractivity contribution in [2.24, 2.45) is 0 Å². The van der Waals surface area contributed by atoms with Gasteiger partial charge in [-0.3, -0.25) is 0 Å². The van der Waals surface area contributed by atoms with E-state index in [2.05, 4.69) is 0 Å². The Morgan fingerprint density at radius 3 is 2.47 bits per heavy atom. The second-order valence-corrected chi connectivity index (χ2v) is 3.97. The molecule has 0 aliphatic carbocycles. The maximum absolute atomic E-state index is 13.6. The maximum atomic E-state index is 13.6. The average Bonchev–Trinajstić information content (AvgIpc) is 2.37. The molecule has 0 radical (unpaired) electrons. The van der Waals surface area contributed by atoms with Crippen molar-refractivity contribution in [3.05, 3.63) is 59.7 Å². The Morgan fingerprint density at radius 1 is 1.05 bits per heavy atom. The molecule has 0 amide bonds. The third-order valence-corrected chi connectivity index (χ3v) is 2.57. The molecule has 0 saturated heterocycles. The summed E-state index contributed by atoms with van der Waals surface area (Å²) < 4.78 is 31.8. The molecule has 0 heterocycles. The Morgan fingerprint density at radius 2 is 1.84 bits per heavy atom. The lowest BCUT2D eigenvalue weighted by Crippen LogP contribution is -2.30. The molecule has 2 rings (SSSR count). The first-order valence-corrected chi connectivity index (χ1v) is 5.59. The van der Waals surface area contributed by atoms with Crippen LogP contribution in [-0.2, 0) is 6.61 Å². The van der Waals surface area contributed by atoms with E-state index in [1.807, 2.05) is 0 Å². The van der Waals surface area contributed by atoms with Crippen molar-refractivity contribution in [2.45, 2.75) is 6.61 Å². The van der Waals surface area contributed by atoms with Crippen molar-refractivity contribution in [1.82, 2.24) is 0 Å². The van der Waals surface area contributed by atoms with Crippen LogP contribution in [0.25, 0.3) is 0 Å². The minimum Gasteiger partial charge on any atom is -0.489 e. The Labute approximate surface area is 109 Å². The molecule has 0 aliphatic heterocycles. The maximum Gasteiger partial charge on any atom is 0.488 e. The minimum atomic E-state index is -1.72. The van der Waals surface area contributed by atoms with Gasteiger partial charge < -0.3 is 14.8 Å². The van der Waals surface area contributed by atoms with E-state index in [1.54, 1.807) is 6.07 Å². The fourth-order valence-corrected chi connectivity index (χ4v) is 1.56. The van der Waals surface area contributed by atoms with Crippen LogP contribution in [0.1, 0.15) is 5.56 Å². The predicted octanol–water partition coefficient (Wildman–Crippen LogP) is 1.22. The fraction of sp³-hybridized carbons (Fsp3) is 0.0769. The quantitative estimate of drug-likeness (QED) is 0.816. The van der Waals surface area contributed by atoms with Gasteiger partial charge in [0.2, 0.25) is 0 Å². The van der Waals surface area contributed by atoms with Crippen LogP contribution >= 0.6 is 0 Å². The van der Waals surface area contributed by atoms with Crippen LogP contribution in [0.4, 0.5) is 8.78 Å². The molecule has 19 heavy (non-hydrogen) atoms. The summed E-state index contributed by atoms with van der Waals surface area (Å²) in [5.74, 6) is -0.746. The molecule has 2 aromatic carbocycles. The van der Waals surface area contributed by atoms with Crippen molar-refractivity contribution in [2.75, 3.05) is 0 Å². The molecule has 3 nitrogen and oxygen atoms in total. The zero-order valence-electron chi connectivity index (χ0n) is 9.88. The van der Waals surface area contributed by atoms with E-state index >= 15 is 0 Å². The lowest BCUT2D eigenvalue weighted by Gasteiger charge is -2.08. The smallest absolute Gasteiger partial charge is 0.488 e. The van der Waals surface area contributed by atoms with E-state index in [4.69, 9.17) is 14.8 Å². The van der Waals surface area contributed by atoms with Crippen LogP contribution in [-0.4, -0.2) is 17.2 Å². The predicted molar refractivity (Wildman–Crippen MR) is 67.0 cm³/mol. The van der Waals surface area contributed by atoms with Crippen molar-refractivity contribution in [3.8, 4) is 5.75 Å². The third kappa shape index (κ3) is 3.53. The lowest BCUT2D eigenvalue weighted by molar-refractivity contribution is 0.298. The van der Waals surface area contributed by atoms with Gasteiger partial charge in [0.25, 0.3) is 0 Å². The van der Waals surface area contributed by atoms with Gasteiger partial charge >= 0.3 is 7.12 Å². The van der Waals surface area contributed by atoms with Gasteiger partial charge in [0, 0.05) is 11.6 Å². The Bertz CT molecular complexity index is 576. The average molecular weight is 264 g/mol. The second kappa shape index (κ2) is 5.82. The SMILES string of the molecule is OB(O)c1ccc(COc2cccc(F)c2)c(F)c1. The van der Waals surface area contributed by atoms with E-state index in [0.717, 1.165) is 6.07 Å². The molecule has 0 fully saturated rings. The highest BCUT2D eigenvalue weighted by atomic mass is 19.1. The Balaban J connectivity index is 2.07. The number of halogens is 2. The van der Waals surface area contributed by atoms with E-state index in [-0.39, 0.29) is 17.6 Å². The molecule has 0 spiro atoms. The zero-order valence-corrected chi connectivity index (χ0v) is 9.88.